The Morgan fingerprint density at radius 1 is 0.969 bits per heavy atom. The highest BCUT2D eigenvalue weighted by Gasteiger charge is 2.44. The molecule has 1 N–H and O–H groups in total. The summed E-state index contributed by atoms with van der Waals surface area (Å²) < 4.78 is 2.29. The molecule has 0 radical (unpaired) electrons. The van der Waals surface area contributed by atoms with Gasteiger partial charge in [-0.1, -0.05) is 31.4 Å². The van der Waals surface area contributed by atoms with Crippen LogP contribution >= 0.6 is 12.2 Å². The van der Waals surface area contributed by atoms with Gasteiger partial charge >= 0.3 is 0 Å². The summed E-state index contributed by atoms with van der Waals surface area (Å²) in [5.41, 5.74) is 5.94. The number of pyridine rings is 2. The van der Waals surface area contributed by atoms with Gasteiger partial charge in [0, 0.05) is 29.8 Å². The lowest BCUT2D eigenvalue weighted by Crippen LogP contribution is -2.40. The van der Waals surface area contributed by atoms with Crippen LogP contribution in [0, 0.1) is 20.8 Å². The minimum atomic E-state index is 0.0319. The van der Waals surface area contributed by atoms with Crippen molar-refractivity contribution >= 4 is 17.3 Å². The summed E-state index contributed by atoms with van der Waals surface area (Å²) in [6.45, 7) is 6.51. The average Bonchev–Trinajstić information content (AvgIpc) is 3.31. The van der Waals surface area contributed by atoms with Gasteiger partial charge in [0.2, 0.25) is 0 Å². The molecule has 1 saturated heterocycles. The van der Waals surface area contributed by atoms with Crippen molar-refractivity contribution in [2.45, 2.75) is 71.0 Å². The molecule has 2 aliphatic rings. The van der Waals surface area contributed by atoms with Crippen molar-refractivity contribution in [1.29, 1.82) is 0 Å². The summed E-state index contributed by atoms with van der Waals surface area (Å²) >= 11 is 5.94. The molecule has 4 heterocycles. The molecule has 2 fully saturated rings. The molecule has 3 aromatic rings. The summed E-state index contributed by atoms with van der Waals surface area (Å²) in [4.78, 5) is 11.9. The van der Waals surface area contributed by atoms with Gasteiger partial charge in [0.05, 0.1) is 17.8 Å². The molecule has 2 atom stereocenters. The van der Waals surface area contributed by atoms with Crippen LogP contribution in [-0.4, -0.2) is 30.6 Å². The van der Waals surface area contributed by atoms with Gasteiger partial charge in [0.15, 0.2) is 5.11 Å². The van der Waals surface area contributed by atoms with E-state index in [1.807, 2.05) is 24.5 Å². The van der Waals surface area contributed by atoms with E-state index >= 15 is 0 Å². The van der Waals surface area contributed by atoms with Gasteiger partial charge in [0.25, 0.3) is 0 Å². The molecule has 0 amide bonds. The van der Waals surface area contributed by atoms with Crippen LogP contribution in [0.5, 0.6) is 0 Å². The van der Waals surface area contributed by atoms with Crippen molar-refractivity contribution in [3.63, 3.8) is 0 Å². The highest BCUT2D eigenvalue weighted by molar-refractivity contribution is 7.80. The van der Waals surface area contributed by atoms with Crippen LogP contribution in [-0.2, 0) is 0 Å². The average molecular weight is 446 g/mol. The Kier molecular flexibility index (Phi) is 5.72. The van der Waals surface area contributed by atoms with Crippen molar-refractivity contribution < 1.29 is 0 Å². The molecule has 1 aliphatic carbocycles. The first-order valence-electron chi connectivity index (χ1n) is 11.7. The zero-order valence-corrected chi connectivity index (χ0v) is 19.9. The number of aromatic nitrogens is 3. The molecule has 0 aromatic carbocycles. The lowest BCUT2D eigenvalue weighted by atomic mass is 9.90. The largest absolute Gasteiger partial charge is 0.352 e. The van der Waals surface area contributed by atoms with Crippen LogP contribution in [0.4, 0.5) is 0 Å². The lowest BCUT2D eigenvalue weighted by molar-refractivity contribution is 0.197. The maximum absolute atomic E-state index is 5.94. The van der Waals surface area contributed by atoms with Crippen LogP contribution in [0.2, 0.25) is 0 Å². The third kappa shape index (κ3) is 3.60. The summed E-state index contributed by atoms with van der Waals surface area (Å²) in [5, 5.41) is 4.50. The fraction of sp³-hybridized carbons (Fsp3) is 0.423. The zero-order valence-electron chi connectivity index (χ0n) is 19.1. The molecule has 0 bridgehead atoms. The second kappa shape index (κ2) is 8.66. The maximum Gasteiger partial charge on any atom is 0.170 e. The van der Waals surface area contributed by atoms with E-state index in [1.54, 1.807) is 0 Å². The first kappa shape index (κ1) is 21.1. The highest BCUT2D eigenvalue weighted by atomic mass is 32.1. The Balaban J connectivity index is 1.64. The Hall–Kier alpha value is -2.73. The topological polar surface area (TPSA) is 46.0 Å². The number of hydrogen-bond donors (Lipinski definition) is 1. The number of nitrogens with one attached hydrogen (secondary N) is 1. The van der Waals surface area contributed by atoms with Crippen LogP contribution in [0.25, 0.3) is 5.82 Å². The molecule has 0 unspecified atom stereocenters. The third-order valence-electron chi connectivity index (χ3n) is 7.09. The summed E-state index contributed by atoms with van der Waals surface area (Å²) in [7, 11) is 0. The maximum atomic E-state index is 5.94. The molecule has 32 heavy (non-hydrogen) atoms. The van der Waals surface area contributed by atoms with Crippen molar-refractivity contribution in [3.05, 3.63) is 77.0 Å². The van der Waals surface area contributed by atoms with Crippen molar-refractivity contribution in [3.8, 4) is 5.82 Å². The Bertz CT molecular complexity index is 1120. The minimum absolute atomic E-state index is 0.0319. The van der Waals surface area contributed by atoms with E-state index in [0.717, 1.165) is 16.6 Å². The van der Waals surface area contributed by atoms with Gasteiger partial charge in [-0.05, 0) is 81.2 Å². The van der Waals surface area contributed by atoms with Gasteiger partial charge < -0.3 is 14.8 Å². The number of rotatable bonds is 4. The Labute approximate surface area is 195 Å². The van der Waals surface area contributed by atoms with Crippen molar-refractivity contribution in [1.82, 2.24) is 24.8 Å². The second-order valence-corrected chi connectivity index (χ2v) is 9.52. The first-order chi connectivity index (χ1) is 15.6. The Morgan fingerprint density at radius 2 is 1.75 bits per heavy atom. The van der Waals surface area contributed by atoms with E-state index in [9.17, 15) is 0 Å². The standard InChI is InChI=1S/C26H31N5S/c1-17-10-9-15-28-25(17)30-18(2)16-21(19(30)3)24-23(22-13-7-8-14-27-22)29-26(32)31(24)20-11-5-4-6-12-20/h7-10,13-16,20,23-24H,4-6,11-12H2,1-3H3,(H,29,32)/t23-,24+/m0/s1. The van der Waals surface area contributed by atoms with Gasteiger partial charge in [0.1, 0.15) is 5.82 Å². The number of hydrogen-bond acceptors (Lipinski definition) is 3. The number of thiocarbonyl (C=S) groups is 1. The monoisotopic (exact) mass is 445 g/mol. The molecule has 0 spiro atoms. The molecular formula is C26H31N5S. The molecule has 1 saturated carbocycles. The minimum Gasteiger partial charge on any atom is -0.352 e. The van der Waals surface area contributed by atoms with Crippen LogP contribution in [0.15, 0.2) is 48.8 Å². The lowest BCUT2D eigenvalue weighted by Gasteiger charge is -2.37. The third-order valence-corrected chi connectivity index (χ3v) is 7.41. The van der Waals surface area contributed by atoms with E-state index in [4.69, 9.17) is 22.2 Å². The SMILES string of the molecule is Cc1cccnc1-n1c(C)cc([C@@H]2[C@H](c3ccccn3)NC(=S)N2C2CCCCC2)c1C. The molecule has 1 aliphatic heterocycles. The predicted molar refractivity (Wildman–Crippen MR) is 132 cm³/mol. The molecule has 5 nitrogen and oxygen atoms in total. The fourth-order valence-corrected chi connectivity index (χ4v) is 5.96. The van der Waals surface area contributed by atoms with Crippen LogP contribution < -0.4 is 5.32 Å². The van der Waals surface area contributed by atoms with Crippen molar-refractivity contribution in [2.24, 2.45) is 0 Å². The van der Waals surface area contributed by atoms with Gasteiger partial charge in [-0.2, -0.15) is 0 Å². The highest BCUT2D eigenvalue weighted by Crippen LogP contribution is 2.44. The van der Waals surface area contributed by atoms with Gasteiger partial charge in [-0.25, -0.2) is 4.98 Å². The molecule has 5 rings (SSSR count). The predicted octanol–water partition coefficient (Wildman–Crippen LogP) is 5.50. The van der Waals surface area contributed by atoms with Gasteiger partial charge in [-0.3, -0.25) is 4.98 Å². The summed E-state index contributed by atoms with van der Waals surface area (Å²) in [6.07, 6.45) is 10.0. The first-order valence-corrected chi connectivity index (χ1v) is 12.1. The van der Waals surface area contributed by atoms with E-state index in [1.165, 1.54) is 54.6 Å². The van der Waals surface area contributed by atoms with Crippen LogP contribution in [0.1, 0.15) is 72.4 Å². The van der Waals surface area contributed by atoms with E-state index in [-0.39, 0.29) is 12.1 Å². The Morgan fingerprint density at radius 3 is 2.47 bits per heavy atom. The molecule has 6 heteroatoms. The molecular weight excluding hydrogens is 414 g/mol. The van der Waals surface area contributed by atoms with E-state index in [2.05, 4.69) is 59.8 Å². The van der Waals surface area contributed by atoms with E-state index < -0.39 is 0 Å². The number of aryl methyl sites for hydroxylation is 2. The summed E-state index contributed by atoms with van der Waals surface area (Å²) in [5.74, 6) is 1.00. The smallest absolute Gasteiger partial charge is 0.170 e. The number of nitrogens with zero attached hydrogens (tertiary/aromatic N) is 4. The zero-order chi connectivity index (χ0) is 22.2. The molecule has 3 aromatic heterocycles. The quantitative estimate of drug-likeness (QED) is 0.538. The normalized spacial score (nSPS) is 21.7. The van der Waals surface area contributed by atoms with Crippen LogP contribution in [0.3, 0.4) is 0 Å². The van der Waals surface area contributed by atoms with E-state index in [0.29, 0.717) is 6.04 Å². The van der Waals surface area contributed by atoms with Gasteiger partial charge in [-0.15, -0.1) is 0 Å². The summed E-state index contributed by atoms with van der Waals surface area (Å²) in [6, 6.07) is 13.2. The molecule has 166 valence electrons. The van der Waals surface area contributed by atoms with Crippen molar-refractivity contribution in [2.75, 3.05) is 0 Å². The second-order valence-electron chi connectivity index (χ2n) is 9.13. The fourth-order valence-electron chi connectivity index (χ4n) is 5.58.